The van der Waals surface area contributed by atoms with Crippen LogP contribution in [-0.2, 0) is 4.79 Å². The second kappa shape index (κ2) is 6.78. The molecule has 3 nitrogen and oxygen atoms in total. The maximum atomic E-state index is 13.2. The first-order chi connectivity index (χ1) is 12.5. The van der Waals surface area contributed by atoms with Crippen molar-refractivity contribution in [3.05, 3.63) is 46.2 Å². The summed E-state index contributed by atoms with van der Waals surface area (Å²) < 4.78 is 0. The van der Waals surface area contributed by atoms with Crippen LogP contribution < -0.4 is 0 Å². The summed E-state index contributed by atoms with van der Waals surface area (Å²) in [6.45, 7) is 3.96. The molecule has 1 aliphatic carbocycles. The lowest BCUT2D eigenvalue weighted by Gasteiger charge is -2.21. The molecule has 0 aromatic heterocycles. The van der Waals surface area contributed by atoms with Gasteiger partial charge in [0.2, 0.25) is 0 Å². The zero-order chi connectivity index (χ0) is 18.4. The number of thioether (sulfide) groups is 2. The summed E-state index contributed by atoms with van der Waals surface area (Å²) in [4.78, 5) is 27.9. The Bertz CT molecular complexity index is 989. The molecule has 1 heterocycles. The van der Waals surface area contributed by atoms with Crippen LogP contribution in [0.2, 0.25) is 0 Å². The number of allylic oxidation sites excluding steroid dienone is 2. The standard InChI is InChI=1S/C21H20O3S2/c1-11-10-14(20(24)19-15(22)4-3-5-16(19)23)12(2)18-13(11)6-7-17-21(18)26-9-8-25-17/h6-7,10,22H,3-5,8-9H2,1-2H3. The molecule has 0 radical (unpaired) electrons. The highest BCUT2D eigenvalue weighted by Gasteiger charge is 2.29. The largest absolute Gasteiger partial charge is 0.511 e. The van der Waals surface area contributed by atoms with Gasteiger partial charge >= 0.3 is 0 Å². The maximum absolute atomic E-state index is 13.2. The Morgan fingerprint density at radius 1 is 1.12 bits per heavy atom. The third-order valence-corrected chi connectivity index (χ3v) is 7.70. The van der Waals surface area contributed by atoms with E-state index in [4.69, 9.17) is 0 Å². The predicted octanol–water partition coefficient (Wildman–Crippen LogP) is 5.40. The van der Waals surface area contributed by atoms with Crippen molar-refractivity contribution in [2.75, 3.05) is 11.5 Å². The summed E-state index contributed by atoms with van der Waals surface area (Å²) >= 11 is 3.69. The molecular weight excluding hydrogens is 364 g/mol. The minimum absolute atomic E-state index is 0.00933. The van der Waals surface area contributed by atoms with Gasteiger partial charge in [-0.05, 0) is 48.9 Å². The van der Waals surface area contributed by atoms with E-state index in [0.717, 1.165) is 33.4 Å². The monoisotopic (exact) mass is 384 g/mol. The highest BCUT2D eigenvalue weighted by molar-refractivity contribution is 8.05. The molecule has 1 N–H and O–H groups in total. The van der Waals surface area contributed by atoms with Crippen LogP contribution in [0.3, 0.4) is 0 Å². The van der Waals surface area contributed by atoms with Crippen molar-refractivity contribution < 1.29 is 14.7 Å². The molecule has 2 aliphatic rings. The SMILES string of the molecule is Cc1cc(C(=O)C2=C(O)CCCC2=O)c(C)c2c3c(ccc12)SCCS3. The summed E-state index contributed by atoms with van der Waals surface area (Å²) in [5.74, 6) is 1.52. The molecule has 0 saturated carbocycles. The van der Waals surface area contributed by atoms with Gasteiger partial charge in [-0.3, -0.25) is 9.59 Å². The van der Waals surface area contributed by atoms with Crippen LogP contribution in [0.5, 0.6) is 0 Å². The number of aliphatic hydroxyl groups excluding tert-OH is 1. The van der Waals surface area contributed by atoms with Crippen molar-refractivity contribution in [3.8, 4) is 0 Å². The van der Waals surface area contributed by atoms with E-state index in [2.05, 4.69) is 12.1 Å². The van der Waals surface area contributed by atoms with Crippen LogP contribution in [0, 0.1) is 13.8 Å². The Kier molecular flexibility index (Phi) is 4.61. The van der Waals surface area contributed by atoms with Gasteiger partial charge in [0.05, 0.1) is 0 Å². The third kappa shape index (κ3) is 2.78. The number of fused-ring (bicyclic) bond motifs is 3. The van der Waals surface area contributed by atoms with Crippen LogP contribution in [-0.4, -0.2) is 28.2 Å². The second-order valence-electron chi connectivity index (χ2n) is 6.81. The number of aliphatic hydroxyl groups is 1. The number of Topliss-reactive ketones (excluding diaryl/α,β-unsaturated/α-hetero) is 2. The molecule has 1 aliphatic heterocycles. The molecule has 5 heteroatoms. The highest BCUT2D eigenvalue weighted by Crippen LogP contribution is 2.44. The van der Waals surface area contributed by atoms with Gasteiger partial charge in [-0.15, -0.1) is 23.5 Å². The molecule has 4 rings (SSSR count). The molecule has 134 valence electrons. The van der Waals surface area contributed by atoms with Gasteiger partial charge in [-0.2, -0.15) is 0 Å². The molecule has 0 spiro atoms. The average Bonchev–Trinajstić information content (AvgIpc) is 2.63. The molecule has 0 bridgehead atoms. The van der Waals surface area contributed by atoms with Crippen molar-refractivity contribution >= 4 is 45.9 Å². The zero-order valence-corrected chi connectivity index (χ0v) is 16.5. The number of ketones is 2. The summed E-state index contributed by atoms with van der Waals surface area (Å²) in [7, 11) is 0. The summed E-state index contributed by atoms with van der Waals surface area (Å²) in [6.07, 6.45) is 1.34. The van der Waals surface area contributed by atoms with Gasteiger partial charge in [-0.25, -0.2) is 0 Å². The number of carbonyl (C=O) groups excluding carboxylic acids is 2. The minimum Gasteiger partial charge on any atom is -0.511 e. The van der Waals surface area contributed by atoms with E-state index in [1.54, 1.807) is 0 Å². The van der Waals surface area contributed by atoms with E-state index in [1.807, 2.05) is 43.4 Å². The lowest BCUT2D eigenvalue weighted by Crippen LogP contribution is -2.20. The van der Waals surface area contributed by atoms with Gasteiger partial charge in [0.25, 0.3) is 0 Å². The van der Waals surface area contributed by atoms with Gasteiger partial charge in [0, 0.05) is 45.1 Å². The summed E-state index contributed by atoms with van der Waals surface area (Å²) in [5.41, 5.74) is 2.46. The number of rotatable bonds is 2. The number of benzene rings is 2. The molecule has 26 heavy (non-hydrogen) atoms. The lowest BCUT2D eigenvalue weighted by molar-refractivity contribution is -0.116. The number of hydrogen-bond donors (Lipinski definition) is 1. The Labute approximate surface area is 161 Å². The second-order valence-corrected chi connectivity index (χ2v) is 9.05. The summed E-state index contributed by atoms with van der Waals surface area (Å²) in [5, 5.41) is 12.4. The van der Waals surface area contributed by atoms with Crippen molar-refractivity contribution in [2.24, 2.45) is 0 Å². The van der Waals surface area contributed by atoms with Gasteiger partial charge in [0.15, 0.2) is 11.6 Å². The molecule has 0 unspecified atom stereocenters. The van der Waals surface area contributed by atoms with E-state index >= 15 is 0 Å². The highest BCUT2D eigenvalue weighted by atomic mass is 32.2. The first kappa shape index (κ1) is 17.7. The van der Waals surface area contributed by atoms with Gasteiger partial charge in [0.1, 0.15) is 11.3 Å². The molecule has 0 atom stereocenters. The van der Waals surface area contributed by atoms with Gasteiger partial charge < -0.3 is 5.11 Å². The number of aryl methyl sites for hydroxylation is 2. The van der Waals surface area contributed by atoms with Gasteiger partial charge in [-0.1, -0.05) is 6.07 Å². The predicted molar refractivity (Wildman–Crippen MR) is 108 cm³/mol. The normalized spacial score (nSPS) is 17.5. The molecular formula is C21H20O3S2. The Hall–Kier alpha value is -1.72. The van der Waals surface area contributed by atoms with E-state index in [1.165, 1.54) is 9.79 Å². The Balaban J connectivity index is 1.95. The van der Waals surface area contributed by atoms with E-state index in [-0.39, 0.29) is 22.9 Å². The van der Waals surface area contributed by atoms with Crippen molar-refractivity contribution in [2.45, 2.75) is 42.9 Å². The van der Waals surface area contributed by atoms with Crippen molar-refractivity contribution in [1.29, 1.82) is 0 Å². The first-order valence-corrected chi connectivity index (χ1v) is 10.8. The van der Waals surface area contributed by atoms with Crippen LogP contribution in [0.25, 0.3) is 10.8 Å². The first-order valence-electron chi connectivity index (χ1n) is 8.81. The Morgan fingerprint density at radius 3 is 2.65 bits per heavy atom. The average molecular weight is 385 g/mol. The smallest absolute Gasteiger partial charge is 0.200 e. The van der Waals surface area contributed by atoms with Crippen molar-refractivity contribution in [1.82, 2.24) is 0 Å². The zero-order valence-electron chi connectivity index (χ0n) is 14.8. The minimum atomic E-state index is -0.333. The molecule has 0 amide bonds. The van der Waals surface area contributed by atoms with Crippen molar-refractivity contribution in [3.63, 3.8) is 0 Å². The van der Waals surface area contributed by atoms with E-state index < -0.39 is 0 Å². The quantitative estimate of drug-likeness (QED) is 0.555. The fourth-order valence-corrected chi connectivity index (χ4v) is 6.27. The van der Waals surface area contributed by atoms with Crippen LogP contribution in [0.15, 0.2) is 39.3 Å². The number of hydrogen-bond acceptors (Lipinski definition) is 5. The number of carbonyl (C=O) groups is 2. The lowest BCUT2D eigenvalue weighted by atomic mass is 9.86. The third-order valence-electron chi connectivity index (χ3n) is 5.13. The van der Waals surface area contributed by atoms with E-state index in [9.17, 15) is 14.7 Å². The molecule has 0 saturated heterocycles. The van der Waals surface area contributed by atoms with E-state index in [0.29, 0.717) is 24.8 Å². The van der Waals surface area contributed by atoms with Crippen LogP contribution in [0.1, 0.15) is 40.7 Å². The fourth-order valence-electron chi connectivity index (χ4n) is 3.81. The molecule has 2 aromatic rings. The van der Waals surface area contributed by atoms with Crippen LogP contribution in [0.4, 0.5) is 0 Å². The topological polar surface area (TPSA) is 54.4 Å². The fraction of sp³-hybridized carbons (Fsp3) is 0.333. The summed E-state index contributed by atoms with van der Waals surface area (Å²) in [6, 6.07) is 6.17. The Morgan fingerprint density at radius 2 is 1.88 bits per heavy atom. The van der Waals surface area contributed by atoms with Crippen LogP contribution >= 0.6 is 23.5 Å². The molecule has 2 aromatic carbocycles. The maximum Gasteiger partial charge on any atom is 0.200 e. The molecule has 0 fully saturated rings.